The molecule has 1 aromatic carbocycles. The minimum Gasteiger partial charge on any atom is -0.419 e. The third kappa shape index (κ3) is 3.11. The number of nitrogens with zero attached hydrogens (tertiary/aromatic N) is 4. The number of fused-ring (bicyclic) bond motifs is 1. The van der Waals surface area contributed by atoms with Crippen LogP contribution in [0.15, 0.2) is 34.7 Å². The Hall–Kier alpha value is -2.63. The van der Waals surface area contributed by atoms with E-state index in [9.17, 15) is 4.79 Å². The normalized spacial score (nSPS) is 15.7. The van der Waals surface area contributed by atoms with E-state index in [-0.39, 0.29) is 5.91 Å². The van der Waals surface area contributed by atoms with Crippen LogP contribution in [-0.2, 0) is 17.8 Å². The molecular formula is C20H24N4O2. The van der Waals surface area contributed by atoms with Gasteiger partial charge in [-0.05, 0) is 30.9 Å². The van der Waals surface area contributed by atoms with Crippen molar-refractivity contribution in [1.29, 1.82) is 0 Å². The number of carbonyl (C=O) groups is 1. The molecule has 0 radical (unpaired) electrons. The predicted octanol–water partition coefficient (Wildman–Crippen LogP) is 3.51. The molecule has 0 spiro atoms. The van der Waals surface area contributed by atoms with E-state index in [4.69, 9.17) is 4.42 Å². The molecule has 0 unspecified atom stereocenters. The Labute approximate surface area is 152 Å². The summed E-state index contributed by atoms with van der Waals surface area (Å²) < 4.78 is 7.76. The molecule has 0 bridgehead atoms. The molecule has 0 saturated carbocycles. The largest absolute Gasteiger partial charge is 0.419 e. The number of rotatable bonds is 4. The molecule has 1 aliphatic rings. The van der Waals surface area contributed by atoms with E-state index in [0.717, 1.165) is 42.5 Å². The number of hydrogen-bond donors (Lipinski definition) is 0. The number of aromatic nitrogens is 3. The molecule has 136 valence electrons. The van der Waals surface area contributed by atoms with Crippen molar-refractivity contribution in [3.05, 3.63) is 36.2 Å². The highest BCUT2D eigenvalue weighted by atomic mass is 16.4. The fourth-order valence-corrected chi connectivity index (χ4v) is 3.55. The van der Waals surface area contributed by atoms with Crippen LogP contribution in [0.1, 0.15) is 32.6 Å². The standard InChI is InChI=1S/C20H24N4O2/c1-3-18-21-22-20(26-18)17-12-15-6-4-5-7-16(15)24(17)13-19(25)23-10-8-14(2)9-11-23/h4-7,12,14H,3,8-11,13H2,1-2H3. The van der Waals surface area contributed by atoms with Crippen molar-refractivity contribution in [2.75, 3.05) is 13.1 Å². The second kappa shape index (κ2) is 6.94. The van der Waals surface area contributed by atoms with Gasteiger partial charge in [0.15, 0.2) is 0 Å². The number of piperidine rings is 1. The number of benzene rings is 1. The molecule has 1 saturated heterocycles. The van der Waals surface area contributed by atoms with Crippen molar-refractivity contribution >= 4 is 16.8 Å². The van der Waals surface area contributed by atoms with Crippen molar-refractivity contribution in [3.63, 3.8) is 0 Å². The smallest absolute Gasteiger partial charge is 0.264 e. The lowest BCUT2D eigenvalue weighted by molar-refractivity contribution is -0.133. The average Bonchev–Trinajstić information content (AvgIpc) is 3.27. The fourth-order valence-electron chi connectivity index (χ4n) is 3.55. The number of carbonyl (C=O) groups excluding carboxylic acids is 1. The summed E-state index contributed by atoms with van der Waals surface area (Å²) in [5.74, 6) is 1.92. The quantitative estimate of drug-likeness (QED) is 0.721. The zero-order chi connectivity index (χ0) is 18.1. The van der Waals surface area contributed by atoms with E-state index >= 15 is 0 Å². The van der Waals surface area contributed by atoms with Crippen LogP contribution in [0.5, 0.6) is 0 Å². The minimum atomic E-state index is 0.148. The molecule has 0 aliphatic carbocycles. The van der Waals surface area contributed by atoms with Crippen LogP contribution in [-0.4, -0.2) is 38.7 Å². The zero-order valence-corrected chi connectivity index (χ0v) is 15.3. The molecule has 26 heavy (non-hydrogen) atoms. The Balaban J connectivity index is 1.68. The minimum absolute atomic E-state index is 0.148. The van der Waals surface area contributed by atoms with E-state index < -0.39 is 0 Å². The molecular weight excluding hydrogens is 328 g/mol. The summed E-state index contributed by atoms with van der Waals surface area (Å²) in [6.07, 6.45) is 2.85. The van der Waals surface area contributed by atoms with Gasteiger partial charge in [0.25, 0.3) is 5.89 Å². The highest BCUT2D eigenvalue weighted by Crippen LogP contribution is 2.28. The van der Waals surface area contributed by atoms with Crippen molar-refractivity contribution in [1.82, 2.24) is 19.7 Å². The van der Waals surface area contributed by atoms with E-state index in [1.54, 1.807) is 0 Å². The number of para-hydroxylation sites is 1. The van der Waals surface area contributed by atoms with Crippen molar-refractivity contribution < 1.29 is 9.21 Å². The maximum atomic E-state index is 12.9. The second-order valence-electron chi connectivity index (χ2n) is 7.09. The highest BCUT2D eigenvalue weighted by molar-refractivity contribution is 5.88. The van der Waals surface area contributed by atoms with Crippen molar-refractivity contribution in [2.45, 2.75) is 39.7 Å². The van der Waals surface area contributed by atoms with Gasteiger partial charge in [-0.25, -0.2) is 0 Å². The maximum absolute atomic E-state index is 12.9. The molecule has 6 nitrogen and oxygen atoms in total. The van der Waals surface area contributed by atoms with Crippen LogP contribution >= 0.6 is 0 Å². The molecule has 1 aliphatic heterocycles. The first-order valence-corrected chi connectivity index (χ1v) is 9.34. The Morgan fingerprint density at radius 1 is 1.23 bits per heavy atom. The first kappa shape index (κ1) is 16.8. The number of amides is 1. The predicted molar refractivity (Wildman–Crippen MR) is 99.6 cm³/mol. The van der Waals surface area contributed by atoms with Gasteiger partial charge in [0, 0.05) is 30.4 Å². The highest BCUT2D eigenvalue weighted by Gasteiger charge is 2.23. The monoisotopic (exact) mass is 352 g/mol. The van der Waals surface area contributed by atoms with Gasteiger partial charge in [-0.3, -0.25) is 4.79 Å². The number of likely N-dealkylation sites (tertiary alicyclic amines) is 1. The lowest BCUT2D eigenvalue weighted by atomic mass is 9.99. The first-order valence-electron chi connectivity index (χ1n) is 9.34. The van der Waals surface area contributed by atoms with Gasteiger partial charge in [0.05, 0.1) is 0 Å². The Kier molecular flexibility index (Phi) is 4.49. The Morgan fingerprint density at radius 2 is 2.00 bits per heavy atom. The summed E-state index contributed by atoms with van der Waals surface area (Å²) in [7, 11) is 0. The molecule has 6 heteroatoms. The average molecular weight is 352 g/mol. The molecule has 1 fully saturated rings. The number of aryl methyl sites for hydroxylation is 1. The topological polar surface area (TPSA) is 64.2 Å². The summed E-state index contributed by atoms with van der Waals surface area (Å²) in [4.78, 5) is 14.9. The second-order valence-corrected chi connectivity index (χ2v) is 7.09. The summed E-state index contributed by atoms with van der Waals surface area (Å²) in [5, 5.41) is 9.32. The van der Waals surface area contributed by atoms with Crippen LogP contribution in [0.3, 0.4) is 0 Å². The van der Waals surface area contributed by atoms with Crippen molar-refractivity contribution in [2.24, 2.45) is 5.92 Å². The van der Waals surface area contributed by atoms with Crippen molar-refractivity contribution in [3.8, 4) is 11.6 Å². The maximum Gasteiger partial charge on any atom is 0.264 e. The Bertz CT molecular complexity index is 919. The van der Waals surface area contributed by atoms with Gasteiger partial charge in [-0.1, -0.05) is 32.0 Å². The Morgan fingerprint density at radius 3 is 2.73 bits per heavy atom. The van der Waals surface area contributed by atoms with Crippen LogP contribution in [0.25, 0.3) is 22.5 Å². The zero-order valence-electron chi connectivity index (χ0n) is 15.3. The van der Waals surface area contributed by atoms with Crippen LogP contribution in [0, 0.1) is 5.92 Å². The van der Waals surface area contributed by atoms with Gasteiger partial charge in [-0.15, -0.1) is 10.2 Å². The molecule has 0 atom stereocenters. The third-order valence-corrected chi connectivity index (χ3v) is 5.23. The fraction of sp³-hybridized carbons (Fsp3) is 0.450. The van der Waals surface area contributed by atoms with Gasteiger partial charge >= 0.3 is 0 Å². The summed E-state index contributed by atoms with van der Waals surface area (Å²) in [6, 6.07) is 10.1. The summed E-state index contributed by atoms with van der Waals surface area (Å²) in [6.45, 7) is 6.21. The third-order valence-electron chi connectivity index (χ3n) is 5.23. The van der Waals surface area contributed by atoms with Gasteiger partial charge in [0.1, 0.15) is 12.2 Å². The molecule has 2 aromatic heterocycles. The lowest BCUT2D eigenvalue weighted by Gasteiger charge is -2.30. The number of hydrogen-bond acceptors (Lipinski definition) is 4. The molecule has 3 heterocycles. The molecule has 3 aromatic rings. The van der Waals surface area contributed by atoms with E-state index in [1.165, 1.54) is 0 Å². The molecule has 0 N–H and O–H groups in total. The van der Waals surface area contributed by atoms with E-state index in [1.807, 2.05) is 46.7 Å². The van der Waals surface area contributed by atoms with Crippen LogP contribution in [0.4, 0.5) is 0 Å². The SMILES string of the molecule is CCc1nnc(-c2cc3ccccc3n2CC(=O)N2CCC(C)CC2)o1. The lowest BCUT2D eigenvalue weighted by Crippen LogP contribution is -2.39. The van der Waals surface area contributed by atoms with E-state index in [0.29, 0.717) is 30.7 Å². The van der Waals surface area contributed by atoms with Crippen LogP contribution < -0.4 is 0 Å². The van der Waals surface area contributed by atoms with Gasteiger partial charge in [0.2, 0.25) is 11.8 Å². The van der Waals surface area contributed by atoms with E-state index in [2.05, 4.69) is 17.1 Å². The molecule has 4 rings (SSSR count). The molecule has 1 amide bonds. The van der Waals surface area contributed by atoms with Crippen LogP contribution in [0.2, 0.25) is 0 Å². The first-order chi connectivity index (χ1) is 12.7. The summed E-state index contributed by atoms with van der Waals surface area (Å²) >= 11 is 0. The van der Waals surface area contributed by atoms with Gasteiger partial charge < -0.3 is 13.9 Å². The summed E-state index contributed by atoms with van der Waals surface area (Å²) in [5.41, 5.74) is 1.81. The van der Waals surface area contributed by atoms with Gasteiger partial charge in [-0.2, -0.15) is 0 Å².